The maximum Gasteiger partial charge on any atom is 0.408 e. The SMILES string of the molecule is CC(C)(C)OC(=O)N[C@@H](Cc1ccc([N+](=O)[O-])cc1)C(O)=C1C(=O)OC(C)(C)OC1=O. The summed E-state index contributed by atoms with van der Waals surface area (Å²) >= 11 is 0. The van der Waals surface area contributed by atoms with E-state index in [-0.39, 0.29) is 12.1 Å². The van der Waals surface area contributed by atoms with E-state index in [2.05, 4.69) is 5.32 Å². The molecule has 1 amide bonds. The lowest BCUT2D eigenvalue weighted by molar-refractivity contribution is -0.384. The first-order chi connectivity index (χ1) is 14.2. The number of cyclic esters (lactones) is 2. The average molecular weight is 436 g/mol. The molecule has 1 aromatic carbocycles. The summed E-state index contributed by atoms with van der Waals surface area (Å²) in [5.41, 5.74) is -1.29. The lowest BCUT2D eigenvalue weighted by Gasteiger charge is -2.31. The monoisotopic (exact) mass is 436 g/mol. The van der Waals surface area contributed by atoms with Crippen molar-refractivity contribution in [3.8, 4) is 0 Å². The van der Waals surface area contributed by atoms with Gasteiger partial charge in [-0.15, -0.1) is 0 Å². The fourth-order valence-corrected chi connectivity index (χ4v) is 2.69. The largest absolute Gasteiger partial charge is 0.509 e. The van der Waals surface area contributed by atoms with Crippen LogP contribution in [-0.4, -0.2) is 45.5 Å². The first-order valence-electron chi connectivity index (χ1n) is 9.31. The van der Waals surface area contributed by atoms with Crippen LogP contribution in [-0.2, 0) is 30.2 Å². The average Bonchev–Trinajstić information content (AvgIpc) is 2.58. The second kappa shape index (κ2) is 8.62. The van der Waals surface area contributed by atoms with E-state index < -0.39 is 51.7 Å². The van der Waals surface area contributed by atoms with Crippen molar-refractivity contribution in [2.45, 2.75) is 58.5 Å². The first kappa shape index (κ1) is 23.6. The molecule has 0 radical (unpaired) electrons. The van der Waals surface area contributed by atoms with Crippen LogP contribution < -0.4 is 5.32 Å². The van der Waals surface area contributed by atoms with Crippen molar-refractivity contribution < 1.29 is 38.6 Å². The van der Waals surface area contributed by atoms with E-state index in [1.807, 2.05) is 0 Å². The van der Waals surface area contributed by atoms with Gasteiger partial charge in [-0.05, 0) is 26.3 Å². The first-order valence-corrected chi connectivity index (χ1v) is 9.31. The molecule has 1 atom stereocenters. The van der Waals surface area contributed by atoms with Crippen LogP contribution in [0.15, 0.2) is 35.6 Å². The fraction of sp³-hybridized carbons (Fsp3) is 0.450. The van der Waals surface area contributed by atoms with Gasteiger partial charge in [0.2, 0.25) is 0 Å². The summed E-state index contributed by atoms with van der Waals surface area (Å²) in [7, 11) is 0. The molecule has 31 heavy (non-hydrogen) atoms. The fourth-order valence-electron chi connectivity index (χ4n) is 2.69. The van der Waals surface area contributed by atoms with E-state index in [9.17, 15) is 29.6 Å². The van der Waals surface area contributed by atoms with Gasteiger partial charge in [0.25, 0.3) is 11.5 Å². The minimum atomic E-state index is -1.51. The maximum absolute atomic E-state index is 12.3. The topological polar surface area (TPSA) is 154 Å². The van der Waals surface area contributed by atoms with Crippen LogP contribution in [0.2, 0.25) is 0 Å². The van der Waals surface area contributed by atoms with Crippen molar-refractivity contribution in [1.29, 1.82) is 0 Å². The second-order valence-electron chi connectivity index (χ2n) is 8.27. The Morgan fingerprint density at radius 3 is 2.16 bits per heavy atom. The van der Waals surface area contributed by atoms with Crippen molar-refractivity contribution >= 4 is 23.7 Å². The van der Waals surface area contributed by atoms with E-state index in [1.54, 1.807) is 20.8 Å². The van der Waals surface area contributed by atoms with Gasteiger partial charge >= 0.3 is 18.0 Å². The number of alkyl carbamates (subject to hydrolysis) is 1. The van der Waals surface area contributed by atoms with Crippen LogP contribution in [0.25, 0.3) is 0 Å². The van der Waals surface area contributed by atoms with Gasteiger partial charge in [-0.3, -0.25) is 10.1 Å². The summed E-state index contributed by atoms with van der Waals surface area (Å²) in [6.07, 6.45) is -1.03. The van der Waals surface area contributed by atoms with Gasteiger partial charge in [0.15, 0.2) is 5.57 Å². The molecule has 0 aliphatic carbocycles. The summed E-state index contributed by atoms with van der Waals surface area (Å²) in [5.74, 6) is -4.52. The van der Waals surface area contributed by atoms with E-state index in [1.165, 1.54) is 38.1 Å². The number of aliphatic hydroxyl groups is 1. The third-order valence-corrected chi connectivity index (χ3v) is 3.95. The number of hydrogen-bond donors (Lipinski definition) is 2. The smallest absolute Gasteiger partial charge is 0.408 e. The van der Waals surface area contributed by atoms with Crippen LogP contribution in [0.1, 0.15) is 40.2 Å². The van der Waals surface area contributed by atoms with Crippen molar-refractivity contribution in [1.82, 2.24) is 5.32 Å². The summed E-state index contributed by atoms with van der Waals surface area (Å²) in [6, 6.07) is 4.04. The number of nitro groups is 1. The number of ether oxygens (including phenoxy) is 3. The normalized spacial score (nSPS) is 16.6. The van der Waals surface area contributed by atoms with Crippen molar-refractivity contribution in [2.24, 2.45) is 0 Å². The Morgan fingerprint density at radius 2 is 1.71 bits per heavy atom. The van der Waals surface area contributed by atoms with Crippen LogP contribution in [0.4, 0.5) is 10.5 Å². The van der Waals surface area contributed by atoms with E-state index >= 15 is 0 Å². The number of benzene rings is 1. The lowest BCUT2D eigenvalue weighted by atomic mass is 10.0. The Balaban J connectivity index is 2.38. The maximum atomic E-state index is 12.3. The minimum absolute atomic E-state index is 0.115. The molecular formula is C20H24N2O9. The van der Waals surface area contributed by atoms with Gasteiger partial charge in [-0.1, -0.05) is 12.1 Å². The number of hydrogen-bond acceptors (Lipinski definition) is 9. The Labute approximate surface area is 178 Å². The van der Waals surface area contributed by atoms with Crippen LogP contribution in [0.3, 0.4) is 0 Å². The molecule has 2 N–H and O–H groups in total. The Bertz CT molecular complexity index is 905. The summed E-state index contributed by atoms with van der Waals surface area (Å²) in [5, 5.41) is 23.9. The number of aliphatic hydroxyl groups excluding tert-OH is 1. The third-order valence-electron chi connectivity index (χ3n) is 3.95. The van der Waals surface area contributed by atoms with Gasteiger partial charge in [-0.25, -0.2) is 14.4 Å². The van der Waals surface area contributed by atoms with E-state index in [0.29, 0.717) is 5.56 Å². The zero-order chi connectivity index (χ0) is 23.6. The highest BCUT2D eigenvalue weighted by Gasteiger charge is 2.42. The van der Waals surface area contributed by atoms with Crippen LogP contribution in [0, 0.1) is 10.1 Å². The molecule has 168 valence electrons. The zero-order valence-corrected chi connectivity index (χ0v) is 17.8. The third kappa shape index (κ3) is 6.43. The zero-order valence-electron chi connectivity index (χ0n) is 17.8. The molecule has 11 heteroatoms. The summed E-state index contributed by atoms with van der Waals surface area (Å²) in [4.78, 5) is 47.1. The van der Waals surface area contributed by atoms with Crippen molar-refractivity contribution in [3.05, 3.63) is 51.3 Å². The molecule has 1 aliphatic rings. The number of rotatable bonds is 5. The predicted octanol–water partition coefficient (Wildman–Crippen LogP) is 2.68. The van der Waals surface area contributed by atoms with Gasteiger partial charge in [-0.2, -0.15) is 0 Å². The molecule has 0 saturated carbocycles. The predicted molar refractivity (Wildman–Crippen MR) is 106 cm³/mol. The molecule has 1 heterocycles. The molecule has 0 aromatic heterocycles. The number of non-ortho nitro benzene ring substituents is 1. The lowest BCUT2D eigenvalue weighted by Crippen LogP contribution is -2.46. The Kier molecular flexibility index (Phi) is 6.58. The van der Waals surface area contributed by atoms with Crippen molar-refractivity contribution in [2.75, 3.05) is 0 Å². The van der Waals surface area contributed by atoms with Gasteiger partial charge in [0.05, 0.1) is 11.0 Å². The molecule has 1 aromatic rings. The van der Waals surface area contributed by atoms with Crippen LogP contribution >= 0.6 is 0 Å². The second-order valence-corrected chi connectivity index (χ2v) is 8.27. The van der Waals surface area contributed by atoms with E-state index in [0.717, 1.165) is 0 Å². The highest BCUT2D eigenvalue weighted by molar-refractivity contribution is 6.15. The molecule has 2 rings (SSSR count). The number of amides is 1. The van der Waals surface area contributed by atoms with Gasteiger partial charge in [0, 0.05) is 32.4 Å². The number of esters is 2. The standard InChI is InChI=1S/C20H24N2O9/c1-19(2,3)31-18(26)21-13(10-11-6-8-12(9-7-11)22(27)28)15(23)14-16(24)29-20(4,5)30-17(14)25/h6-9,13,23H,10H2,1-5H3,(H,21,26)/t13-/m0/s1. The van der Waals surface area contributed by atoms with E-state index in [4.69, 9.17) is 14.2 Å². The highest BCUT2D eigenvalue weighted by Crippen LogP contribution is 2.26. The number of carbonyl (C=O) groups is 3. The molecule has 1 aliphatic heterocycles. The number of nitro benzene ring substituents is 1. The summed E-state index contributed by atoms with van der Waals surface area (Å²) < 4.78 is 15.1. The molecule has 0 bridgehead atoms. The molecule has 0 unspecified atom stereocenters. The molecule has 0 spiro atoms. The summed E-state index contributed by atoms with van der Waals surface area (Å²) in [6.45, 7) is 7.60. The molecular weight excluding hydrogens is 412 g/mol. The molecule has 1 fully saturated rings. The molecule has 1 saturated heterocycles. The Hall–Kier alpha value is -3.63. The minimum Gasteiger partial charge on any atom is -0.509 e. The number of nitrogens with zero attached hydrogens (tertiary/aromatic N) is 1. The highest BCUT2D eigenvalue weighted by atomic mass is 16.7. The number of nitrogens with one attached hydrogen (secondary N) is 1. The van der Waals surface area contributed by atoms with Crippen molar-refractivity contribution in [3.63, 3.8) is 0 Å². The van der Waals surface area contributed by atoms with Crippen LogP contribution in [0.5, 0.6) is 0 Å². The Morgan fingerprint density at radius 1 is 1.19 bits per heavy atom. The quantitative estimate of drug-likeness (QED) is 0.177. The molecule has 11 nitrogen and oxygen atoms in total. The number of carbonyl (C=O) groups excluding carboxylic acids is 3. The van der Waals surface area contributed by atoms with Gasteiger partial charge in [0.1, 0.15) is 11.4 Å². The van der Waals surface area contributed by atoms with Gasteiger partial charge < -0.3 is 24.6 Å².